The molecule has 3 rings (SSSR count). The molecule has 1 aliphatic heterocycles. The maximum absolute atomic E-state index is 14.0. The van der Waals surface area contributed by atoms with Gasteiger partial charge < -0.3 is 20.6 Å². The van der Waals surface area contributed by atoms with Gasteiger partial charge in [0.25, 0.3) is 0 Å². The standard InChI is InChI=1S/C19H28F2N4O.HI/c1-2-22-18(23-13-19(26)8-3-4-9-19)24-15-7-10-25(12-15)17-6-5-14(20)11-16(17)21;/h5-6,11,15,26H,2-4,7-10,12-13H2,1H3,(H2,22,23,24);1H. The van der Waals surface area contributed by atoms with Crippen molar-refractivity contribution in [1.82, 2.24) is 10.6 Å². The molecule has 1 heterocycles. The van der Waals surface area contributed by atoms with Crippen LogP contribution < -0.4 is 15.5 Å². The molecule has 1 saturated heterocycles. The van der Waals surface area contributed by atoms with Crippen molar-refractivity contribution >= 4 is 35.6 Å². The summed E-state index contributed by atoms with van der Waals surface area (Å²) in [6, 6.07) is 3.81. The second-order valence-corrected chi connectivity index (χ2v) is 7.30. The number of benzene rings is 1. The van der Waals surface area contributed by atoms with Crippen molar-refractivity contribution in [1.29, 1.82) is 0 Å². The van der Waals surface area contributed by atoms with Gasteiger partial charge in [-0.05, 0) is 38.3 Å². The average molecular weight is 494 g/mol. The Morgan fingerprint density at radius 1 is 1.33 bits per heavy atom. The zero-order valence-electron chi connectivity index (χ0n) is 15.7. The van der Waals surface area contributed by atoms with E-state index >= 15 is 0 Å². The van der Waals surface area contributed by atoms with Gasteiger partial charge in [-0.3, -0.25) is 4.99 Å². The van der Waals surface area contributed by atoms with Gasteiger partial charge in [-0.15, -0.1) is 24.0 Å². The van der Waals surface area contributed by atoms with Crippen molar-refractivity contribution in [3.63, 3.8) is 0 Å². The minimum Gasteiger partial charge on any atom is -0.388 e. The molecular weight excluding hydrogens is 465 g/mol. The fraction of sp³-hybridized carbons (Fsp3) is 0.632. The highest BCUT2D eigenvalue weighted by atomic mass is 127. The highest BCUT2D eigenvalue weighted by molar-refractivity contribution is 14.0. The van der Waals surface area contributed by atoms with Crippen LogP contribution in [0.2, 0.25) is 0 Å². The Hall–Kier alpha value is -1.16. The number of aliphatic hydroxyl groups is 1. The predicted molar refractivity (Wildman–Crippen MR) is 115 cm³/mol. The molecule has 1 saturated carbocycles. The smallest absolute Gasteiger partial charge is 0.191 e. The fourth-order valence-corrected chi connectivity index (χ4v) is 3.77. The van der Waals surface area contributed by atoms with E-state index in [9.17, 15) is 13.9 Å². The van der Waals surface area contributed by atoms with Crippen molar-refractivity contribution in [2.24, 2.45) is 4.99 Å². The summed E-state index contributed by atoms with van der Waals surface area (Å²) in [6.45, 7) is 4.44. The first-order valence-corrected chi connectivity index (χ1v) is 9.46. The lowest BCUT2D eigenvalue weighted by atomic mass is 10.0. The lowest BCUT2D eigenvalue weighted by molar-refractivity contribution is 0.0574. The van der Waals surface area contributed by atoms with Crippen LogP contribution in [0, 0.1) is 11.6 Å². The molecule has 2 fully saturated rings. The first kappa shape index (κ1) is 22.1. The van der Waals surface area contributed by atoms with E-state index < -0.39 is 17.2 Å². The van der Waals surface area contributed by atoms with E-state index in [0.717, 1.165) is 44.7 Å². The van der Waals surface area contributed by atoms with Crippen molar-refractivity contribution in [3.05, 3.63) is 29.8 Å². The van der Waals surface area contributed by atoms with Gasteiger partial charge in [0.05, 0.1) is 17.8 Å². The van der Waals surface area contributed by atoms with E-state index in [2.05, 4.69) is 15.6 Å². The van der Waals surface area contributed by atoms with Gasteiger partial charge in [0, 0.05) is 31.7 Å². The summed E-state index contributed by atoms with van der Waals surface area (Å²) in [7, 11) is 0. The maximum Gasteiger partial charge on any atom is 0.191 e. The van der Waals surface area contributed by atoms with Gasteiger partial charge in [-0.1, -0.05) is 12.8 Å². The monoisotopic (exact) mass is 494 g/mol. The summed E-state index contributed by atoms with van der Waals surface area (Å²) < 4.78 is 27.1. The quantitative estimate of drug-likeness (QED) is 0.335. The van der Waals surface area contributed by atoms with E-state index in [1.165, 1.54) is 12.1 Å². The minimum atomic E-state index is -0.679. The molecule has 0 radical (unpaired) electrons. The van der Waals surface area contributed by atoms with E-state index in [1.807, 2.05) is 11.8 Å². The molecular formula is C19H29F2IN4O. The van der Waals surface area contributed by atoms with Crippen LogP contribution in [-0.2, 0) is 0 Å². The molecule has 1 unspecified atom stereocenters. The Morgan fingerprint density at radius 3 is 2.74 bits per heavy atom. The topological polar surface area (TPSA) is 59.9 Å². The Bertz CT molecular complexity index is 653. The average Bonchev–Trinajstić information content (AvgIpc) is 3.23. The summed E-state index contributed by atoms with van der Waals surface area (Å²) in [5, 5.41) is 17.1. The summed E-state index contributed by atoms with van der Waals surface area (Å²) in [5.41, 5.74) is -0.251. The van der Waals surface area contributed by atoms with Crippen LogP contribution in [0.1, 0.15) is 39.0 Å². The van der Waals surface area contributed by atoms with Crippen LogP contribution in [0.15, 0.2) is 23.2 Å². The van der Waals surface area contributed by atoms with E-state index in [4.69, 9.17) is 0 Å². The number of rotatable bonds is 5. The fourth-order valence-electron chi connectivity index (χ4n) is 3.77. The highest BCUT2D eigenvalue weighted by Crippen LogP contribution is 2.29. The number of guanidine groups is 1. The molecule has 8 heteroatoms. The van der Waals surface area contributed by atoms with Crippen LogP contribution in [0.5, 0.6) is 0 Å². The van der Waals surface area contributed by atoms with Crippen LogP contribution in [0.3, 0.4) is 0 Å². The highest BCUT2D eigenvalue weighted by Gasteiger charge is 2.31. The summed E-state index contributed by atoms with van der Waals surface area (Å²) in [6.07, 6.45) is 4.55. The van der Waals surface area contributed by atoms with Crippen molar-refractivity contribution in [3.8, 4) is 0 Å². The molecule has 0 spiro atoms. The largest absolute Gasteiger partial charge is 0.388 e. The Kier molecular flexibility index (Phi) is 8.08. The molecule has 1 atom stereocenters. The van der Waals surface area contributed by atoms with Gasteiger partial charge in [0.2, 0.25) is 0 Å². The molecule has 0 amide bonds. The predicted octanol–water partition coefficient (Wildman–Crippen LogP) is 3.02. The molecule has 3 N–H and O–H groups in total. The Labute approximate surface area is 176 Å². The number of halogens is 3. The second kappa shape index (κ2) is 9.86. The van der Waals surface area contributed by atoms with E-state index in [1.54, 1.807) is 0 Å². The van der Waals surface area contributed by atoms with Gasteiger partial charge in [0.15, 0.2) is 5.96 Å². The van der Waals surface area contributed by atoms with Gasteiger partial charge in [-0.2, -0.15) is 0 Å². The number of nitrogens with one attached hydrogen (secondary N) is 2. The zero-order valence-corrected chi connectivity index (χ0v) is 18.0. The van der Waals surface area contributed by atoms with E-state index in [0.29, 0.717) is 31.3 Å². The van der Waals surface area contributed by atoms with Crippen LogP contribution in [0.25, 0.3) is 0 Å². The second-order valence-electron chi connectivity index (χ2n) is 7.30. The van der Waals surface area contributed by atoms with Crippen molar-refractivity contribution in [2.45, 2.75) is 50.7 Å². The number of hydrogen-bond acceptors (Lipinski definition) is 3. The molecule has 152 valence electrons. The molecule has 1 aliphatic carbocycles. The summed E-state index contributed by atoms with van der Waals surface area (Å²) in [5.74, 6) is -0.416. The van der Waals surface area contributed by atoms with Crippen LogP contribution >= 0.6 is 24.0 Å². The SMILES string of the molecule is CCNC(=NCC1(O)CCCC1)NC1CCN(c2ccc(F)cc2F)C1.I. The molecule has 27 heavy (non-hydrogen) atoms. The normalized spacial score (nSPS) is 21.9. The first-order chi connectivity index (χ1) is 12.5. The van der Waals surface area contributed by atoms with Crippen LogP contribution in [-0.4, -0.2) is 48.9 Å². The van der Waals surface area contributed by atoms with Gasteiger partial charge >= 0.3 is 0 Å². The third-order valence-corrected chi connectivity index (χ3v) is 5.19. The lowest BCUT2D eigenvalue weighted by Gasteiger charge is -2.23. The third kappa shape index (κ3) is 5.91. The molecule has 2 aliphatic rings. The zero-order chi connectivity index (χ0) is 18.6. The maximum atomic E-state index is 14.0. The van der Waals surface area contributed by atoms with Crippen molar-refractivity contribution in [2.75, 3.05) is 31.1 Å². The van der Waals surface area contributed by atoms with E-state index in [-0.39, 0.29) is 30.0 Å². The number of anilines is 1. The summed E-state index contributed by atoms with van der Waals surface area (Å²) >= 11 is 0. The van der Waals surface area contributed by atoms with Gasteiger partial charge in [0.1, 0.15) is 11.6 Å². The number of hydrogen-bond donors (Lipinski definition) is 3. The third-order valence-electron chi connectivity index (χ3n) is 5.19. The minimum absolute atomic E-state index is 0. The molecule has 1 aromatic carbocycles. The summed E-state index contributed by atoms with van der Waals surface area (Å²) in [4.78, 5) is 6.48. The Balaban J connectivity index is 0.00000261. The van der Waals surface area contributed by atoms with Crippen LogP contribution in [0.4, 0.5) is 14.5 Å². The number of aliphatic imine (C=N–C) groups is 1. The number of nitrogens with zero attached hydrogens (tertiary/aromatic N) is 2. The lowest BCUT2D eigenvalue weighted by Crippen LogP contribution is -2.45. The molecule has 0 bridgehead atoms. The molecule has 1 aromatic rings. The van der Waals surface area contributed by atoms with Gasteiger partial charge in [-0.25, -0.2) is 8.78 Å². The van der Waals surface area contributed by atoms with Crippen molar-refractivity contribution < 1.29 is 13.9 Å². The Morgan fingerprint density at radius 2 is 2.07 bits per heavy atom. The first-order valence-electron chi connectivity index (χ1n) is 9.46. The molecule has 0 aromatic heterocycles. The molecule has 5 nitrogen and oxygen atoms in total.